The number of anilines is 2. The lowest BCUT2D eigenvalue weighted by molar-refractivity contribution is 0.122. The fourth-order valence-corrected chi connectivity index (χ4v) is 4.73. The molecule has 9 nitrogen and oxygen atoms in total. The highest BCUT2D eigenvalue weighted by Crippen LogP contribution is 2.33. The number of hydrogen-bond donors (Lipinski definition) is 1. The van der Waals surface area contributed by atoms with Crippen molar-refractivity contribution in [2.24, 2.45) is 0 Å². The van der Waals surface area contributed by atoms with E-state index in [1.54, 1.807) is 18.6 Å². The van der Waals surface area contributed by atoms with Crippen LogP contribution in [0.4, 0.5) is 11.5 Å². The van der Waals surface area contributed by atoms with Crippen molar-refractivity contribution in [2.45, 2.75) is 37.8 Å². The van der Waals surface area contributed by atoms with Crippen LogP contribution in [-0.4, -0.2) is 85.5 Å². The molecule has 0 spiro atoms. The number of pyridine rings is 1. The highest BCUT2D eigenvalue weighted by Gasteiger charge is 2.24. The Balaban J connectivity index is 1.17. The molecule has 0 unspecified atom stereocenters. The van der Waals surface area contributed by atoms with Gasteiger partial charge in [-0.25, -0.2) is 9.97 Å². The Hall–Kier alpha value is -3.17. The maximum Gasteiger partial charge on any atom is 0.149 e. The van der Waals surface area contributed by atoms with Gasteiger partial charge in [0.15, 0.2) is 0 Å². The van der Waals surface area contributed by atoms with Crippen molar-refractivity contribution in [3.05, 3.63) is 42.9 Å². The van der Waals surface area contributed by atoms with Crippen LogP contribution in [0.1, 0.15) is 25.7 Å². The third kappa shape index (κ3) is 6.33. The van der Waals surface area contributed by atoms with Crippen molar-refractivity contribution in [3.63, 3.8) is 0 Å². The average molecular weight is 493 g/mol. The minimum absolute atomic E-state index is 0.161. The van der Waals surface area contributed by atoms with E-state index < -0.39 is 0 Å². The van der Waals surface area contributed by atoms with Gasteiger partial charge in [0.1, 0.15) is 29.4 Å². The standard InChI is InChI=1S/C27H36N6O3/c1-32(2)11-16-35-23-7-8-26(30-19-23)31-20-3-5-22(6-4-20)36-25-18-21(33-12-14-34-15-13-33)17-24-27(25)29-10-9-28-24/h7-10,17-20,22H,3-6,11-16H2,1-2H3,(H,30,31)/t20-,22+. The third-order valence-electron chi connectivity index (χ3n) is 6.76. The maximum atomic E-state index is 6.54. The van der Waals surface area contributed by atoms with E-state index in [1.807, 2.05) is 26.2 Å². The first-order chi connectivity index (χ1) is 17.6. The van der Waals surface area contributed by atoms with E-state index in [1.165, 1.54) is 0 Å². The summed E-state index contributed by atoms with van der Waals surface area (Å²) in [4.78, 5) is 18.1. The molecule has 3 aromatic rings. The average Bonchev–Trinajstić information content (AvgIpc) is 2.91. The molecular formula is C27H36N6O3. The summed E-state index contributed by atoms with van der Waals surface area (Å²) in [5.41, 5.74) is 2.82. The SMILES string of the molecule is CN(C)CCOc1ccc(N[C@H]2CC[C@@H](Oc3cc(N4CCOCC4)cc4nccnc34)CC2)nc1. The van der Waals surface area contributed by atoms with Gasteiger partial charge in [-0.1, -0.05) is 0 Å². The van der Waals surface area contributed by atoms with Crippen LogP contribution in [0.3, 0.4) is 0 Å². The summed E-state index contributed by atoms with van der Waals surface area (Å²) < 4.78 is 17.8. The van der Waals surface area contributed by atoms with Gasteiger partial charge in [0.05, 0.1) is 31.0 Å². The summed E-state index contributed by atoms with van der Waals surface area (Å²) >= 11 is 0. The minimum Gasteiger partial charge on any atom is -0.491 e. The van der Waals surface area contributed by atoms with Gasteiger partial charge in [0.25, 0.3) is 0 Å². The fraction of sp³-hybridized carbons (Fsp3) is 0.519. The second kappa shape index (κ2) is 11.7. The van der Waals surface area contributed by atoms with E-state index in [0.29, 0.717) is 12.6 Å². The van der Waals surface area contributed by atoms with Crippen LogP contribution in [0.2, 0.25) is 0 Å². The zero-order valence-electron chi connectivity index (χ0n) is 21.2. The minimum atomic E-state index is 0.161. The van der Waals surface area contributed by atoms with Gasteiger partial charge in [-0.3, -0.25) is 4.98 Å². The summed E-state index contributed by atoms with van der Waals surface area (Å²) in [5.74, 6) is 2.51. The first-order valence-corrected chi connectivity index (χ1v) is 12.9. The molecule has 1 aliphatic heterocycles. The number of aromatic nitrogens is 3. The highest BCUT2D eigenvalue weighted by atomic mass is 16.5. The molecule has 1 saturated heterocycles. The molecule has 0 radical (unpaired) electrons. The van der Waals surface area contributed by atoms with Crippen LogP contribution in [0.5, 0.6) is 11.5 Å². The zero-order valence-corrected chi connectivity index (χ0v) is 21.2. The Labute approximate surface area is 212 Å². The number of morpholine rings is 1. The molecule has 0 amide bonds. The number of ether oxygens (including phenoxy) is 3. The number of hydrogen-bond acceptors (Lipinski definition) is 9. The van der Waals surface area contributed by atoms with E-state index in [9.17, 15) is 0 Å². The smallest absolute Gasteiger partial charge is 0.149 e. The molecule has 0 bridgehead atoms. The van der Waals surface area contributed by atoms with Gasteiger partial charge in [-0.2, -0.15) is 0 Å². The molecule has 1 aliphatic carbocycles. The van der Waals surface area contributed by atoms with Gasteiger partial charge in [0, 0.05) is 49.8 Å². The third-order valence-corrected chi connectivity index (χ3v) is 6.76. The molecule has 192 valence electrons. The van der Waals surface area contributed by atoms with Crippen molar-refractivity contribution in [3.8, 4) is 11.5 Å². The van der Waals surface area contributed by atoms with Crippen LogP contribution in [0, 0.1) is 0 Å². The first-order valence-electron chi connectivity index (χ1n) is 12.9. The number of nitrogens with one attached hydrogen (secondary N) is 1. The predicted molar refractivity (Wildman–Crippen MR) is 141 cm³/mol. The summed E-state index contributed by atoms with van der Waals surface area (Å²) in [6, 6.07) is 8.59. The number of rotatable bonds is 9. The van der Waals surface area contributed by atoms with Crippen molar-refractivity contribution in [2.75, 3.05) is 63.8 Å². The summed E-state index contributed by atoms with van der Waals surface area (Å²) in [5, 5.41) is 3.58. The number of nitrogens with zero attached hydrogens (tertiary/aromatic N) is 5. The topological polar surface area (TPSA) is 84.9 Å². The molecule has 1 saturated carbocycles. The van der Waals surface area contributed by atoms with Gasteiger partial charge in [-0.15, -0.1) is 0 Å². The van der Waals surface area contributed by atoms with E-state index in [4.69, 9.17) is 14.2 Å². The van der Waals surface area contributed by atoms with Crippen molar-refractivity contribution >= 4 is 22.5 Å². The van der Waals surface area contributed by atoms with Gasteiger partial charge >= 0.3 is 0 Å². The normalized spacial score (nSPS) is 20.5. The largest absolute Gasteiger partial charge is 0.491 e. The predicted octanol–water partition coefficient (Wildman–Crippen LogP) is 3.60. The summed E-state index contributed by atoms with van der Waals surface area (Å²) in [6.45, 7) is 4.77. The first kappa shape index (κ1) is 24.5. The monoisotopic (exact) mass is 492 g/mol. The summed E-state index contributed by atoms with van der Waals surface area (Å²) in [6.07, 6.45) is 9.44. The fourth-order valence-electron chi connectivity index (χ4n) is 4.73. The molecule has 9 heteroatoms. The highest BCUT2D eigenvalue weighted by molar-refractivity contribution is 5.85. The second-order valence-corrected chi connectivity index (χ2v) is 9.73. The zero-order chi connectivity index (χ0) is 24.7. The molecule has 0 atom stereocenters. The van der Waals surface area contributed by atoms with Crippen LogP contribution in [0.25, 0.3) is 11.0 Å². The van der Waals surface area contributed by atoms with Crippen molar-refractivity contribution in [1.29, 1.82) is 0 Å². The van der Waals surface area contributed by atoms with Crippen LogP contribution in [0.15, 0.2) is 42.9 Å². The lowest BCUT2D eigenvalue weighted by Gasteiger charge is -2.31. The Morgan fingerprint density at radius 3 is 2.58 bits per heavy atom. The second-order valence-electron chi connectivity index (χ2n) is 9.73. The Morgan fingerprint density at radius 2 is 1.83 bits per heavy atom. The van der Waals surface area contributed by atoms with Crippen molar-refractivity contribution in [1.82, 2.24) is 19.9 Å². The molecule has 1 aromatic carbocycles. The molecule has 2 aromatic heterocycles. The van der Waals surface area contributed by atoms with Crippen LogP contribution >= 0.6 is 0 Å². The van der Waals surface area contributed by atoms with Crippen molar-refractivity contribution < 1.29 is 14.2 Å². The van der Waals surface area contributed by atoms with E-state index in [0.717, 1.165) is 92.6 Å². The van der Waals surface area contributed by atoms with E-state index in [2.05, 4.69) is 42.2 Å². The van der Waals surface area contributed by atoms with Gasteiger partial charge in [-0.05, 0) is 58.0 Å². The Kier molecular flexibility index (Phi) is 7.98. The van der Waals surface area contributed by atoms with E-state index in [-0.39, 0.29) is 6.10 Å². The van der Waals surface area contributed by atoms with E-state index >= 15 is 0 Å². The molecule has 2 fully saturated rings. The lowest BCUT2D eigenvalue weighted by atomic mass is 9.93. The number of likely N-dealkylation sites (N-methyl/N-ethyl adjacent to an activating group) is 1. The molecular weight excluding hydrogens is 456 g/mol. The molecule has 5 rings (SSSR count). The quantitative estimate of drug-likeness (QED) is 0.481. The van der Waals surface area contributed by atoms with Gasteiger partial charge in [0.2, 0.25) is 0 Å². The number of fused-ring (bicyclic) bond motifs is 1. The Bertz CT molecular complexity index is 1110. The molecule has 36 heavy (non-hydrogen) atoms. The lowest BCUT2D eigenvalue weighted by Crippen LogP contribution is -2.36. The molecule has 1 N–H and O–H groups in total. The molecule has 3 heterocycles. The van der Waals surface area contributed by atoms with Crippen LogP contribution in [-0.2, 0) is 4.74 Å². The maximum absolute atomic E-state index is 6.54. The van der Waals surface area contributed by atoms with Crippen LogP contribution < -0.4 is 19.7 Å². The Morgan fingerprint density at radius 1 is 1.03 bits per heavy atom. The number of benzene rings is 1. The van der Waals surface area contributed by atoms with Gasteiger partial charge < -0.3 is 29.3 Å². The molecule has 2 aliphatic rings. The summed E-state index contributed by atoms with van der Waals surface area (Å²) in [7, 11) is 4.07.